The predicted octanol–water partition coefficient (Wildman–Crippen LogP) is 1.68. The molecule has 0 saturated heterocycles. The lowest BCUT2D eigenvalue weighted by molar-refractivity contribution is 0.861. The van der Waals surface area contributed by atoms with Gasteiger partial charge in [-0.05, 0) is 25.7 Å². The molecule has 0 amide bonds. The summed E-state index contributed by atoms with van der Waals surface area (Å²) in [6, 6.07) is 1.48. The second-order valence-corrected chi connectivity index (χ2v) is 3.73. The molecule has 1 aliphatic carbocycles. The molecule has 1 heterocycles. The Kier molecular flexibility index (Phi) is 3.17. The van der Waals surface area contributed by atoms with E-state index >= 15 is 0 Å². The first-order chi connectivity index (χ1) is 7.34. The van der Waals surface area contributed by atoms with Gasteiger partial charge in [0.1, 0.15) is 5.82 Å². The Balaban J connectivity index is 1.80. The third-order valence-electron chi connectivity index (χ3n) is 2.57. The summed E-state index contributed by atoms with van der Waals surface area (Å²) in [6.07, 6.45) is 8.52. The Bertz CT molecular complexity index is 408. The van der Waals surface area contributed by atoms with Crippen molar-refractivity contribution < 1.29 is 0 Å². The van der Waals surface area contributed by atoms with Crippen LogP contribution < -0.4 is 10.9 Å². The summed E-state index contributed by atoms with van der Waals surface area (Å²) in [7, 11) is 0. The van der Waals surface area contributed by atoms with Crippen molar-refractivity contribution in [2.75, 3.05) is 11.9 Å². The third-order valence-corrected chi connectivity index (χ3v) is 2.57. The molecular weight excluding hydrogens is 190 g/mol. The summed E-state index contributed by atoms with van der Waals surface area (Å²) >= 11 is 0. The number of hydrogen-bond acceptors (Lipinski definition) is 3. The first-order valence-electron chi connectivity index (χ1n) is 5.31. The van der Waals surface area contributed by atoms with Crippen molar-refractivity contribution in [2.24, 2.45) is 0 Å². The molecule has 4 heteroatoms. The molecule has 1 aromatic rings. The van der Waals surface area contributed by atoms with Gasteiger partial charge in [0.15, 0.2) is 0 Å². The van der Waals surface area contributed by atoms with E-state index in [2.05, 4.69) is 21.4 Å². The number of H-pyrrole nitrogens is 1. The Labute approximate surface area is 88.4 Å². The molecule has 2 N–H and O–H groups in total. The molecule has 0 radical (unpaired) electrons. The van der Waals surface area contributed by atoms with Crippen LogP contribution in [0, 0.1) is 0 Å². The quantitative estimate of drug-likeness (QED) is 0.735. The van der Waals surface area contributed by atoms with Crippen LogP contribution in [0.25, 0.3) is 0 Å². The molecule has 0 saturated carbocycles. The van der Waals surface area contributed by atoms with Crippen molar-refractivity contribution in [3.63, 3.8) is 0 Å². The lowest BCUT2D eigenvalue weighted by Crippen LogP contribution is -2.10. The van der Waals surface area contributed by atoms with E-state index in [1.165, 1.54) is 37.2 Å². The van der Waals surface area contributed by atoms with Crippen LogP contribution in [-0.4, -0.2) is 16.5 Å². The Morgan fingerprint density at radius 1 is 1.53 bits per heavy atom. The van der Waals surface area contributed by atoms with E-state index in [4.69, 9.17) is 0 Å². The van der Waals surface area contributed by atoms with Crippen molar-refractivity contribution in [2.45, 2.75) is 25.7 Å². The Morgan fingerprint density at radius 3 is 3.20 bits per heavy atom. The van der Waals surface area contributed by atoms with Crippen LogP contribution in [0.15, 0.2) is 28.8 Å². The maximum atomic E-state index is 11.0. The highest BCUT2D eigenvalue weighted by Crippen LogP contribution is 2.20. The fourth-order valence-electron chi connectivity index (χ4n) is 1.78. The number of allylic oxidation sites excluding steroid dienone is 1. The molecule has 4 nitrogen and oxygen atoms in total. The maximum absolute atomic E-state index is 11.0. The normalized spacial score (nSPS) is 15.1. The van der Waals surface area contributed by atoms with Gasteiger partial charge in [-0.2, -0.15) is 0 Å². The molecule has 1 aliphatic rings. The lowest BCUT2D eigenvalue weighted by Gasteiger charge is -2.04. The number of nitrogens with one attached hydrogen (secondary N) is 2. The smallest absolute Gasteiger partial charge is 0.252 e. The molecule has 0 atom stereocenters. The second kappa shape index (κ2) is 4.77. The first-order valence-corrected chi connectivity index (χ1v) is 5.31. The molecule has 15 heavy (non-hydrogen) atoms. The van der Waals surface area contributed by atoms with Crippen LogP contribution in [-0.2, 0) is 0 Å². The molecule has 0 spiro atoms. The predicted molar refractivity (Wildman–Crippen MR) is 59.9 cm³/mol. The molecule has 0 unspecified atom stereocenters. The monoisotopic (exact) mass is 205 g/mol. The zero-order chi connectivity index (χ0) is 10.5. The van der Waals surface area contributed by atoms with Crippen LogP contribution in [0.1, 0.15) is 25.7 Å². The van der Waals surface area contributed by atoms with Crippen molar-refractivity contribution in [3.05, 3.63) is 34.4 Å². The average molecular weight is 205 g/mol. The van der Waals surface area contributed by atoms with Crippen molar-refractivity contribution in [1.82, 2.24) is 9.97 Å². The summed E-state index contributed by atoms with van der Waals surface area (Å²) in [5.41, 5.74) is 1.40. The van der Waals surface area contributed by atoms with Gasteiger partial charge in [0, 0.05) is 12.6 Å². The van der Waals surface area contributed by atoms with Gasteiger partial charge in [-0.3, -0.25) is 4.79 Å². The third kappa shape index (κ3) is 2.94. The molecule has 2 rings (SSSR count). The molecule has 0 fully saturated rings. The van der Waals surface area contributed by atoms with Crippen molar-refractivity contribution in [1.29, 1.82) is 0 Å². The fourth-order valence-corrected chi connectivity index (χ4v) is 1.78. The number of hydrogen-bond donors (Lipinski definition) is 2. The van der Waals surface area contributed by atoms with Gasteiger partial charge in [0.05, 0.1) is 6.33 Å². The minimum atomic E-state index is -0.118. The highest BCUT2D eigenvalue weighted by atomic mass is 16.1. The highest BCUT2D eigenvalue weighted by molar-refractivity contribution is 5.31. The molecule has 0 aliphatic heterocycles. The zero-order valence-electron chi connectivity index (χ0n) is 8.62. The molecule has 0 aromatic carbocycles. The van der Waals surface area contributed by atoms with E-state index in [9.17, 15) is 4.79 Å². The van der Waals surface area contributed by atoms with Crippen molar-refractivity contribution in [3.8, 4) is 0 Å². The summed E-state index contributed by atoms with van der Waals surface area (Å²) < 4.78 is 0. The fraction of sp³-hybridized carbons (Fsp3) is 0.455. The van der Waals surface area contributed by atoms with Gasteiger partial charge in [0.25, 0.3) is 5.56 Å². The maximum Gasteiger partial charge on any atom is 0.252 e. The van der Waals surface area contributed by atoms with E-state index in [-0.39, 0.29) is 5.56 Å². The summed E-state index contributed by atoms with van der Waals surface area (Å²) in [4.78, 5) is 17.5. The van der Waals surface area contributed by atoms with Gasteiger partial charge in [-0.25, -0.2) is 4.98 Å². The number of aromatic nitrogens is 2. The number of rotatable bonds is 4. The SMILES string of the molecule is O=c1cc(NCCC2=CCCC2)nc[nH]1. The number of anilines is 1. The lowest BCUT2D eigenvalue weighted by atomic mass is 10.2. The summed E-state index contributed by atoms with van der Waals surface area (Å²) in [6.45, 7) is 0.849. The first kappa shape index (κ1) is 9.96. The van der Waals surface area contributed by atoms with Crippen LogP contribution in [0.4, 0.5) is 5.82 Å². The van der Waals surface area contributed by atoms with E-state index in [0.29, 0.717) is 5.82 Å². The largest absolute Gasteiger partial charge is 0.370 e. The number of aromatic amines is 1. The summed E-state index contributed by atoms with van der Waals surface area (Å²) in [5.74, 6) is 0.650. The average Bonchev–Trinajstić information content (AvgIpc) is 2.71. The molecule has 0 bridgehead atoms. The molecule has 1 aromatic heterocycles. The van der Waals surface area contributed by atoms with Crippen LogP contribution in [0.3, 0.4) is 0 Å². The van der Waals surface area contributed by atoms with Gasteiger partial charge in [-0.15, -0.1) is 0 Å². The Hall–Kier alpha value is -1.58. The highest BCUT2D eigenvalue weighted by Gasteiger charge is 2.03. The van der Waals surface area contributed by atoms with Crippen LogP contribution >= 0.6 is 0 Å². The van der Waals surface area contributed by atoms with Crippen LogP contribution in [0.5, 0.6) is 0 Å². The van der Waals surface area contributed by atoms with Gasteiger partial charge in [-0.1, -0.05) is 11.6 Å². The minimum absolute atomic E-state index is 0.118. The van der Waals surface area contributed by atoms with Gasteiger partial charge >= 0.3 is 0 Å². The second-order valence-electron chi connectivity index (χ2n) is 3.73. The Morgan fingerprint density at radius 2 is 2.47 bits per heavy atom. The van der Waals surface area contributed by atoms with Crippen molar-refractivity contribution >= 4 is 5.82 Å². The van der Waals surface area contributed by atoms with Gasteiger partial charge in [0.2, 0.25) is 0 Å². The molecule has 80 valence electrons. The van der Waals surface area contributed by atoms with Gasteiger partial charge < -0.3 is 10.3 Å². The minimum Gasteiger partial charge on any atom is -0.370 e. The number of nitrogens with zero attached hydrogens (tertiary/aromatic N) is 1. The van der Waals surface area contributed by atoms with Crippen LogP contribution in [0.2, 0.25) is 0 Å². The standard InChI is InChI=1S/C11H15N3O/c15-11-7-10(13-8-14-11)12-6-5-9-3-1-2-4-9/h3,7-8H,1-2,4-6H2,(H2,12,13,14,15). The van der Waals surface area contributed by atoms with E-state index in [0.717, 1.165) is 13.0 Å². The van der Waals surface area contributed by atoms with E-state index in [1.807, 2.05) is 0 Å². The van der Waals surface area contributed by atoms with E-state index < -0.39 is 0 Å². The topological polar surface area (TPSA) is 57.8 Å². The molecular formula is C11H15N3O. The zero-order valence-corrected chi connectivity index (χ0v) is 8.62. The summed E-state index contributed by atoms with van der Waals surface area (Å²) in [5, 5.41) is 3.14. The van der Waals surface area contributed by atoms with E-state index in [1.54, 1.807) is 0 Å².